The lowest BCUT2D eigenvalue weighted by atomic mass is 10.0. The summed E-state index contributed by atoms with van der Waals surface area (Å²) in [5.41, 5.74) is 2.54. The van der Waals surface area contributed by atoms with Crippen LogP contribution in [0.1, 0.15) is 35.7 Å². The topological polar surface area (TPSA) is 128 Å². The summed E-state index contributed by atoms with van der Waals surface area (Å²) in [6.07, 6.45) is 3.71. The Bertz CT molecular complexity index is 1500. The molecule has 0 amide bonds. The Morgan fingerprint density at radius 3 is 2.44 bits per heavy atom. The highest BCUT2D eigenvalue weighted by Gasteiger charge is 2.33. The van der Waals surface area contributed by atoms with Gasteiger partial charge in [-0.1, -0.05) is 0 Å². The number of nitrogens with one attached hydrogen (secondary N) is 1. The monoisotopic (exact) mass is 585 g/mol. The average molecular weight is 586 g/mol. The molecule has 1 N–H and O–H groups in total. The standard InChI is InChI=1S/C26H27N5O5S3/c1-39(34,35)22-4-2-20(3-5-22)29-23(19-9-13-38-16-19)24-25(31(32)33)26(28-17-27-24)36-21-6-10-30(11-7-21)14-18-8-12-37-15-18/h2-5,8-9,12-13,15-17,21,23,29H,6-7,10-11,14H2,1H3. The van der Waals surface area contributed by atoms with E-state index >= 15 is 0 Å². The molecule has 4 heterocycles. The summed E-state index contributed by atoms with van der Waals surface area (Å²) in [4.78, 5) is 22.9. The van der Waals surface area contributed by atoms with Gasteiger partial charge in [-0.05, 0) is 81.9 Å². The first-order valence-corrected chi connectivity index (χ1v) is 16.0. The molecule has 1 aromatic carbocycles. The first-order valence-electron chi connectivity index (χ1n) is 12.3. The number of nitro groups is 1. The van der Waals surface area contributed by atoms with Crippen LogP contribution in [0.15, 0.2) is 69.1 Å². The Labute approximate surface area is 234 Å². The largest absolute Gasteiger partial charge is 0.469 e. The van der Waals surface area contributed by atoms with Crippen molar-refractivity contribution in [3.05, 3.63) is 91.2 Å². The summed E-state index contributed by atoms with van der Waals surface area (Å²) in [5, 5.41) is 23.6. The number of sulfone groups is 1. The first kappa shape index (κ1) is 27.2. The summed E-state index contributed by atoms with van der Waals surface area (Å²) >= 11 is 3.14. The quantitative estimate of drug-likeness (QED) is 0.198. The Kier molecular flexibility index (Phi) is 8.21. The third kappa shape index (κ3) is 6.61. The van der Waals surface area contributed by atoms with Gasteiger partial charge in [0.25, 0.3) is 5.88 Å². The second kappa shape index (κ2) is 11.8. The van der Waals surface area contributed by atoms with Crippen LogP contribution in [-0.4, -0.2) is 53.7 Å². The molecule has 1 fully saturated rings. The van der Waals surface area contributed by atoms with Crippen molar-refractivity contribution in [2.45, 2.75) is 36.4 Å². The number of piperidine rings is 1. The van der Waals surface area contributed by atoms with Crippen molar-refractivity contribution in [3.63, 3.8) is 0 Å². The van der Waals surface area contributed by atoms with E-state index in [9.17, 15) is 18.5 Å². The molecular weight excluding hydrogens is 559 g/mol. The van der Waals surface area contributed by atoms with Gasteiger partial charge in [-0.3, -0.25) is 15.0 Å². The van der Waals surface area contributed by atoms with Crippen LogP contribution >= 0.6 is 22.7 Å². The van der Waals surface area contributed by atoms with Crippen molar-refractivity contribution in [2.24, 2.45) is 0 Å². The third-order valence-corrected chi connectivity index (χ3v) is 9.10. The van der Waals surface area contributed by atoms with E-state index in [2.05, 4.69) is 37.0 Å². The van der Waals surface area contributed by atoms with Crippen LogP contribution in [0.3, 0.4) is 0 Å². The van der Waals surface area contributed by atoms with Crippen molar-refractivity contribution in [1.82, 2.24) is 14.9 Å². The van der Waals surface area contributed by atoms with E-state index in [1.165, 1.54) is 35.4 Å². The normalized spacial score (nSPS) is 15.6. The van der Waals surface area contributed by atoms with Crippen molar-refractivity contribution in [2.75, 3.05) is 24.7 Å². The van der Waals surface area contributed by atoms with Crippen LogP contribution in [0.2, 0.25) is 0 Å². The zero-order chi connectivity index (χ0) is 27.4. The molecule has 0 spiro atoms. The maximum atomic E-state index is 12.3. The van der Waals surface area contributed by atoms with Crippen LogP contribution in [-0.2, 0) is 16.4 Å². The fraction of sp³-hybridized carbons (Fsp3) is 0.308. The number of ether oxygens (including phenoxy) is 1. The van der Waals surface area contributed by atoms with E-state index < -0.39 is 20.8 Å². The first-order chi connectivity index (χ1) is 18.8. The molecule has 0 radical (unpaired) electrons. The smallest absolute Gasteiger partial charge is 0.354 e. The molecule has 0 aliphatic carbocycles. The van der Waals surface area contributed by atoms with Gasteiger partial charge in [0.2, 0.25) is 0 Å². The molecule has 1 atom stereocenters. The number of hydrogen-bond acceptors (Lipinski definition) is 11. The minimum Gasteiger partial charge on any atom is -0.469 e. The van der Waals surface area contributed by atoms with Gasteiger partial charge >= 0.3 is 5.69 Å². The molecule has 3 aromatic heterocycles. The fourth-order valence-electron chi connectivity index (χ4n) is 4.54. The molecule has 1 unspecified atom stereocenters. The number of hydrogen-bond donors (Lipinski definition) is 1. The predicted molar refractivity (Wildman–Crippen MR) is 151 cm³/mol. The summed E-state index contributed by atoms with van der Waals surface area (Å²) < 4.78 is 29.8. The average Bonchev–Trinajstić information content (AvgIpc) is 3.63. The Morgan fingerprint density at radius 2 is 1.82 bits per heavy atom. The third-order valence-electron chi connectivity index (χ3n) is 6.54. The SMILES string of the molecule is CS(=O)(=O)c1ccc(NC(c2ccsc2)c2ncnc(OC3CCN(Cc4ccsc4)CC3)c2[N+](=O)[O-])cc1. The van der Waals surface area contributed by atoms with Crippen LogP contribution < -0.4 is 10.1 Å². The molecule has 4 aromatic rings. The number of thiophene rings is 2. The van der Waals surface area contributed by atoms with Gasteiger partial charge in [0.1, 0.15) is 18.5 Å². The van der Waals surface area contributed by atoms with E-state index in [0.29, 0.717) is 5.69 Å². The van der Waals surface area contributed by atoms with Crippen LogP contribution in [0.25, 0.3) is 0 Å². The number of rotatable bonds is 10. The fourth-order valence-corrected chi connectivity index (χ4v) is 6.52. The van der Waals surface area contributed by atoms with Gasteiger partial charge in [-0.2, -0.15) is 27.7 Å². The molecule has 0 saturated carbocycles. The molecule has 13 heteroatoms. The number of aromatic nitrogens is 2. The summed E-state index contributed by atoms with van der Waals surface area (Å²) in [6.45, 7) is 2.54. The lowest BCUT2D eigenvalue weighted by Crippen LogP contribution is -2.38. The van der Waals surface area contributed by atoms with E-state index in [1.54, 1.807) is 23.5 Å². The maximum Gasteiger partial charge on any atom is 0.354 e. The number of anilines is 1. The van der Waals surface area contributed by atoms with Gasteiger partial charge in [0, 0.05) is 31.6 Å². The molecule has 1 saturated heterocycles. The summed E-state index contributed by atoms with van der Waals surface area (Å²) in [5.74, 6) is -0.0456. The van der Waals surface area contributed by atoms with Crippen molar-refractivity contribution in [1.29, 1.82) is 0 Å². The van der Waals surface area contributed by atoms with E-state index in [0.717, 1.165) is 44.3 Å². The molecular formula is C26H27N5O5S3. The van der Waals surface area contributed by atoms with Gasteiger partial charge in [-0.15, -0.1) is 0 Å². The highest BCUT2D eigenvalue weighted by molar-refractivity contribution is 7.90. The number of benzene rings is 1. The molecule has 1 aliphatic heterocycles. The van der Waals surface area contributed by atoms with Gasteiger partial charge < -0.3 is 10.1 Å². The molecule has 39 heavy (non-hydrogen) atoms. The van der Waals surface area contributed by atoms with E-state index in [-0.39, 0.29) is 28.3 Å². The Balaban J connectivity index is 1.38. The lowest BCUT2D eigenvalue weighted by Gasteiger charge is -2.31. The van der Waals surface area contributed by atoms with Crippen LogP contribution in [0, 0.1) is 10.1 Å². The highest BCUT2D eigenvalue weighted by atomic mass is 32.2. The second-order valence-electron chi connectivity index (χ2n) is 9.33. The Morgan fingerprint density at radius 1 is 1.10 bits per heavy atom. The molecule has 1 aliphatic rings. The van der Waals surface area contributed by atoms with E-state index in [1.807, 2.05) is 16.8 Å². The number of nitrogens with zero attached hydrogens (tertiary/aromatic N) is 4. The molecule has 204 valence electrons. The zero-order valence-electron chi connectivity index (χ0n) is 21.1. The van der Waals surface area contributed by atoms with Crippen molar-refractivity contribution < 1.29 is 18.1 Å². The minimum atomic E-state index is -3.35. The van der Waals surface area contributed by atoms with Gasteiger partial charge in [0.15, 0.2) is 15.5 Å². The van der Waals surface area contributed by atoms with Crippen LogP contribution in [0.4, 0.5) is 11.4 Å². The number of likely N-dealkylation sites (tertiary alicyclic amines) is 1. The summed E-state index contributed by atoms with van der Waals surface area (Å²) in [6, 6.07) is 9.55. The van der Waals surface area contributed by atoms with Gasteiger partial charge in [-0.25, -0.2) is 13.4 Å². The minimum absolute atomic E-state index is 0.0456. The second-order valence-corrected chi connectivity index (χ2v) is 12.9. The van der Waals surface area contributed by atoms with Crippen LogP contribution in [0.5, 0.6) is 5.88 Å². The zero-order valence-corrected chi connectivity index (χ0v) is 23.5. The summed E-state index contributed by atoms with van der Waals surface area (Å²) in [7, 11) is -3.35. The molecule has 0 bridgehead atoms. The van der Waals surface area contributed by atoms with Crippen molar-refractivity contribution in [3.8, 4) is 5.88 Å². The predicted octanol–water partition coefficient (Wildman–Crippen LogP) is 5.16. The Hall–Kier alpha value is -3.39. The lowest BCUT2D eigenvalue weighted by molar-refractivity contribution is -0.387. The van der Waals surface area contributed by atoms with E-state index in [4.69, 9.17) is 4.74 Å². The maximum absolute atomic E-state index is 12.3. The van der Waals surface area contributed by atoms with Gasteiger partial charge in [0.05, 0.1) is 9.82 Å². The molecule has 10 nitrogen and oxygen atoms in total. The van der Waals surface area contributed by atoms with Crippen molar-refractivity contribution >= 4 is 43.9 Å². The molecule has 5 rings (SSSR count). The highest BCUT2D eigenvalue weighted by Crippen LogP contribution is 2.37.